The van der Waals surface area contributed by atoms with Crippen LogP contribution in [0.1, 0.15) is 50.4 Å². The van der Waals surface area contributed by atoms with Crippen LogP contribution in [-0.2, 0) is 4.74 Å². The van der Waals surface area contributed by atoms with Crippen molar-refractivity contribution < 1.29 is 18.7 Å². The molecule has 2 amide bonds. The van der Waals surface area contributed by atoms with Gasteiger partial charge in [-0.3, -0.25) is 15.1 Å². The summed E-state index contributed by atoms with van der Waals surface area (Å²) in [4.78, 5) is 30.7. The fourth-order valence-electron chi connectivity index (χ4n) is 3.27. The maximum absolute atomic E-state index is 14.8. The molecule has 0 bridgehead atoms. The SMILES string of the molecule is CC(C)(C)OC(=O)Nc1cc(N2CCCCC2)c(NC(=O)c2ccncc2)cc1F. The molecule has 1 aliphatic rings. The summed E-state index contributed by atoms with van der Waals surface area (Å²) in [5, 5.41) is 5.27. The third-order valence-corrected chi connectivity index (χ3v) is 4.61. The molecule has 7 nitrogen and oxygen atoms in total. The Morgan fingerprint density at radius 3 is 2.33 bits per heavy atom. The van der Waals surface area contributed by atoms with Gasteiger partial charge in [-0.25, -0.2) is 9.18 Å². The lowest BCUT2D eigenvalue weighted by Crippen LogP contribution is -2.31. The fraction of sp³-hybridized carbons (Fsp3) is 0.409. The molecule has 2 heterocycles. The largest absolute Gasteiger partial charge is 0.444 e. The van der Waals surface area contributed by atoms with E-state index in [4.69, 9.17) is 4.74 Å². The monoisotopic (exact) mass is 414 g/mol. The number of pyridine rings is 1. The third kappa shape index (κ3) is 5.68. The Labute approximate surface area is 175 Å². The van der Waals surface area contributed by atoms with Crippen LogP contribution >= 0.6 is 0 Å². The van der Waals surface area contributed by atoms with E-state index in [1.54, 1.807) is 39.0 Å². The van der Waals surface area contributed by atoms with Gasteiger partial charge in [-0.1, -0.05) is 0 Å². The Hall–Kier alpha value is -3.16. The molecule has 3 rings (SSSR count). The van der Waals surface area contributed by atoms with E-state index in [-0.39, 0.29) is 11.6 Å². The van der Waals surface area contributed by atoms with Gasteiger partial charge < -0.3 is 15.0 Å². The summed E-state index contributed by atoms with van der Waals surface area (Å²) >= 11 is 0. The van der Waals surface area contributed by atoms with E-state index in [2.05, 4.69) is 20.5 Å². The molecule has 1 fully saturated rings. The predicted molar refractivity (Wildman–Crippen MR) is 115 cm³/mol. The van der Waals surface area contributed by atoms with Gasteiger partial charge >= 0.3 is 6.09 Å². The highest BCUT2D eigenvalue weighted by molar-refractivity contribution is 6.06. The number of halogens is 1. The van der Waals surface area contributed by atoms with Crippen molar-refractivity contribution in [2.45, 2.75) is 45.6 Å². The van der Waals surface area contributed by atoms with Gasteiger partial charge in [0.15, 0.2) is 0 Å². The molecule has 0 aliphatic carbocycles. The van der Waals surface area contributed by atoms with Crippen molar-refractivity contribution in [3.05, 3.63) is 48.0 Å². The third-order valence-electron chi connectivity index (χ3n) is 4.61. The summed E-state index contributed by atoms with van der Waals surface area (Å²) in [7, 11) is 0. The van der Waals surface area contributed by atoms with Gasteiger partial charge in [0.2, 0.25) is 0 Å². The predicted octanol–water partition coefficient (Wildman–Crippen LogP) is 4.81. The topological polar surface area (TPSA) is 83.6 Å². The molecule has 0 unspecified atom stereocenters. The van der Waals surface area contributed by atoms with Crippen LogP contribution in [0.4, 0.5) is 26.2 Å². The number of aromatic nitrogens is 1. The number of hydrogen-bond donors (Lipinski definition) is 2. The van der Waals surface area contributed by atoms with E-state index >= 15 is 0 Å². The lowest BCUT2D eigenvalue weighted by atomic mass is 10.1. The number of anilines is 3. The van der Waals surface area contributed by atoms with E-state index in [1.807, 2.05) is 0 Å². The number of nitrogens with zero attached hydrogens (tertiary/aromatic N) is 2. The number of amides is 2. The van der Waals surface area contributed by atoms with Crippen LogP contribution in [0.15, 0.2) is 36.7 Å². The van der Waals surface area contributed by atoms with Gasteiger partial charge in [-0.15, -0.1) is 0 Å². The van der Waals surface area contributed by atoms with Gasteiger partial charge in [-0.2, -0.15) is 0 Å². The molecule has 0 spiro atoms. The van der Waals surface area contributed by atoms with Gasteiger partial charge in [0.05, 0.1) is 17.1 Å². The number of benzene rings is 1. The molecule has 1 aromatic heterocycles. The Morgan fingerprint density at radius 1 is 1.03 bits per heavy atom. The molecule has 30 heavy (non-hydrogen) atoms. The number of ether oxygens (including phenoxy) is 1. The standard InChI is InChI=1S/C22H27FN4O3/c1-22(2,3)30-21(29)26-17-14-19(27-11-5-4-6-12-27)18(13-16(17)23)25-20(28)15-7-9-24-10-8-15/h7-10,13-14H,4-6,11-12H2,1-3H3,(H,25,28)(H,26,29). The first-order valence-corrected chi connectivity index (χ1v) is 10.0. The average Bonchev–Trinajstić information content (AvgIpc) is 2.70. The van der Waals surface area contributed by atoms with E-state index in [1.165, 1.54) is 18.5 Å². The number of carbonyl (C=O) groups is 2. The smallest absolute Gasteiger partial charge is 0.412 e. The molecule has 160 valence electrons. The molecule has 1 aromatic carbocycles. The molecule has 0 atom stereocenters. The molecule has 1 saturated heterocycles. The molecule has 2 aromatic rings. The first-order chi connectivity index (χ1) is 14.2. The number of carbonyl (C=O) groups excluding carboxylic acids is 2. The van der Waals surface area contributed by atoms with Gasteiger partial charge in [-0.05, 0) is 58.2 Å². The normalized spacial score (nSPS) is 14.2. The van der Waals surface area contributed by atoms with E-state index in [0.717, 1.165) is 32.4 Å². The summed E-state index contributed by atoms with van der Waals surface area (Å²) in [6.45, 7) is 6.78. The summed E-state index contributed by atoms with van der Waals surface area (Å²) in [6.07, 6.45) is 5.44. The molecular weight excluding hydrogens is 387 g/mol. The molecule has 2 N–H and O–H groups in total. The highest BCUT2D eigenvalue weighted by Gasteiger charge is 2.22. The van der Waals surface area contributed by atoms with Crippen LogP contribution in [-0.4, -0.2) is 35.7 Å². The second-order valence-corrected chi connectivity index (χ2v) is 8.21. The first kappa shape index (κ1) is 21.5. The molecule has 8 heteroatoms. The summed E-state index contributed by atoms with van der Waals surface area (Å²) in [5.74, 6) is -1.02. The van der Waals surface area contributed by atoms with Gasteiger partial charge in [0.25, 0.3) is 5.91 Å². The maximum Gasteiger partial charge on any atom is 0.412 e. The van der Waals surface area contributed by atoms with Crippen LogP contribution in [0.25, 0.3) is 0 Å². The van der Waals surface area contributed by atoms with Crippen molar-refractivity contribution in [2.75, 3.05) is 28.6 Å². The summed E-state index contributed by atoms with van der Waals surface area (Å²) < 4.78 is 20.0. The van der Waals surface area contributed by atoms with E-state index in [9.17, 15) is 14.0 Å². The minimum atomic E-state index is -0.737. The Balaban J connectivity index is 1.90. The minimum absolute atomic E-state index is 0.00623. The van der Waals surface area contributed by atoms with Crippen LogP contribution in [0.2, 0.25) is 0 Å². The molecule has 0 saturated carbocycles. The quantitative estimate of drug-likeness (QED) is 0.750. The van der Waals surface area contributed by atoms with Gasteiger partial charge in [0.1, 0.15) is 11.4 Å². The van der Waals surface area contributed by atoms with Crippen molar-refractivity contribution in [3.8, 4) is 0 Å². The van der Waals surface area contributed by atoms with Crippen molar-refractivity contribution in [1.82, 2.24) is 4.98 Å². The molecule has 0 radical (unpaired) electrons. The minimum Gasteiger partial charge on any atom is -0.444 e. The fourth-order valence-corrected chi connectivity index (χ4v) is 3.27. The number of piperidine rings is 1. The summed E-state index contributed by atoms with van der Waals surface area (Å²) in [5.41, 5.74) is 0.738. The van der Waals surface area contributed by atoms with Crippen LogP contribution < -0.4 is 15.5 Å². The maximum atomic E-state index is 14.8. The average molecular weight is 414 g/mol. The van der Waals surface area contributed by atoms with Crippen molar-refractivity contribution >= 4 is 29.1 Å². The van der Waals surface area contributed by atoms with Gasteiger partial charge in [0, 0.05) is 37.1 Å². The summed E-state index contributed by atoms with van der Waals surface area (Å²) in [6, 6.07) is 5.96. The van der Waals surface area contributed by atoms with Crippen molar-refractivity contribution in [1.29, 1.82) is 0 Å². The number of rotatable bonds is 4. The lowest BCUT2D eigenvalue weighted by Gasteiger charge is -2.31. The first-order valence-electron chi connectivity index (χ1n) is 10.0. The zero-order chi connectivity index (χ0) is 21.7. The van der Waals surface area contributed by atoms with Crippen LogP contribution in [0, 0.1) is 5.82 Å². The van der Waals surface area contributed by atoms with E-state index in [0.29, 0.717) is 16.9 Å². The van der Waals surface area contributed by atoms with Crippen molar-refractivity contribution in [3.63, 3.8) is 0 Å². The molecular formula is C22H27FN4O3. The second kappa shape index (κ2) is 9.11. The lowest BCUT2D eigenvalue weighted by molar-refractivity contribution is 0.0635. The Kier molecular flexibility index (Phi) is 6.54. The zero-order valence-electron chi connectivity index (χ0n) is 17.5. The highest BCUT2D eigenvalue weighted by atomic mass is 19.1. The number of hydrogen-bond acceptors (Lipinski definition) is 5. The molecule has 1 aliphatic heterocycles. The zero-order valence-corrected chi connectivity index (χ0v) is 17.5. The highest BCUT2D eigenvalue weighted by Crippen LogP contribution is 2.34. The second-order valence-electron chi connectivity index (χ2n) is 8.21. The Bertz CT molecular complexity index is 907. The number of nitrogens with one attached hydrogen (secondary N) is 2. The van der Waals surface area contributed by atoms with Crippen LogP contribution in [0.3, 0.4) is 0 Å². The van der Waals surface area contributed by atoms with Crippen LogP contribution in [0.5, 0.6) is 0 Å². The van der Waals surface area contributed by atoms with Crippen molar-refractivity contribution in [2.24, 2.45) is 0 Å². The Morgan fingerprint density at radius 2 is 1.70 bits per heavy atom. The van der Waals surface area contributed by atoms with E-state index < -0.39 is 17.5 Å².